The van der Waals surface area contributed by atoms with E-state index in [2.05, 4.69) is 14.2 Å². The predicted octanol–water partition coefficient (Wildman–Crippen LogP) is 6.68. The van der Waals surface area contributed by atoms with Crippen molar-refractivity contribution in [2.24, 2.45) is 5.92 Å². The van der Waals surface area contributed by atoms with Crippen molar-refractivity contribution in [1.82, 2.24) is 9.97 Å². The number of nitrogens with zero attached hydrogens (tertiary/aromatic N) is 1. The van der Waals surface area contributed by atoms with Gasteiger partial charge in [-0.15, -0.1) is 0 Å². The molecule has 6 rings (SSSR count). The van der Waals surface area contributed by atoms with E-state index in [1.165, 1.54) is 31.7 Å². The number of benzene rings is 2. The maximum absolute atomic E-state index is 12.9. The van der Waals surface area contributed by atoms with Gasteiger partial charge in [0.25, 0.3) is 0 Å². The molecular formula is C26H25F3N2O3S. The van der Waals surface area contributed by atoms with Crippen LogP contribution in [0.3, 0.4) is 0 Å². The van der Waals surface area contributed by atoms with Crippen LogP contribution < -0.4 is 4.18 Å². The van der Waals surface area contributed by atoms with E-state index in [0.29, 0.717) is 23.8 Å². The number of halogens is 3. The Morgan fingerprint density at radius 3 is 2.31 bits per heavy atom. The summed E-state index contributed by atoms with van der Waals surface area (Å²) in [5.41, 5.74) is -0.111. The number of H-pyrrole nitrogens is 1. The summed E-state index contributed by atoms with van der Waals surface area (Å²) in [7, 11) is -5.71. The number of imidazole rings is 1. The summed E-state index contributed by atoms with van der Waals surface area (Å²) >= 11 is 0. The van der Waals surface area contributed by atoms with Gasteiger partial charge in [-0.3, -0.25) is 0 Å². The summed E-state index contributed by atoms with van der Waals surface area (Å²) in [6, 6.07) is 11.1. The fourth-order valence-corrected chi connectivity index (χ4v) is 6.44. The van der Waals surface area contributed by atoms with Gasteiger partial charge in [0.15, 0.2) is 0 Å². The quantitative estimate of drug-likeness (QED) is 0.312. The van der Waals surface area contributed by atoms with Crippen LogP contribution in [0.15, 0.2) is 42.6 Å². The molecule has 2 saturated carbocycles. The lowest BCUT2D eigenvalue weighted by Crippen LogP contribution is -2.28. The Kier molecular flexibility index (Phi) is 5.25. The number of hydrogen-bond donors (Lipinski definition) is 1. The van der Waals surface area contributed by atoms with Gasteiger partial charge in [-0.2, -0.15) is 21.6 Å². The molecule has 184 valence electrons. The molecule has 0 radical (unpaired) electrons. The van der Waals surface area contributed by atoms with E-state index in [4.69, 9.17) is 0 Å². The van der Waals surface area contributed by atoms with E-state index >= 15 is 0 Å². The van der Waals surface area contributed by atoms with Crippen LogP contribution in [-0.2, 0) is 16.5 Å². The molecule has 3 aliphatic rings. The number of nitrogens with one attached hydrogen (secondary N) is 1. The second kappa shape index (κ2) is 8.11. The lowest BCUT2D eigenvalue weighted by molar-refractivity contribution is -0.0500. The van der Waals surface area contributed by atoms with E-state index in [9.17, 15) is 21.6 Å². The van der Waals surface area contributed by atoms with Crippen LogP contribution >= 0.6 is 0 Å². The first-order chi connectivity index (χ1) is 16.7. The molecule has 5 nitrogen and oxygen atoms in total. The molecule has 0 saturated heterocycles. The largest absolute Gasteiger partial charge is 0.534 e. The Bertz CT molecular complexity index is 1370. The first-order valence-corrected chi connectivity index (χ1v) is 13.4. The molecule has 0 amide bonds. The average molecular weight is 503 g/mol. The zero-order chi connectivity index (χ0) is 24.4. The van der Waals surface area contributed by atoms with Gasteiger partial charge in [0, 0.05) is 11.5 Å². The molecule has 0 spiro atoms. The van der Waals surface area contributed by atoms with Gasteiger partial charge < -0.3 is 9.17 Å². The molecule has 35 heavy (non-hydrogen) atoms. The fourth-order valence-electron chi connectivity index (χ4n) is 5.95. The minimum absolute atomic E-state index is 0.205. The zero-order valence-corrected chi connectivity index (χ0v) is 19.8. The van der Waals surface area contributed by atoms with Crippen molar-refractivity contribution in [2.45, 2.75) is 62.3 Å². The van der Waals surface area contributed by atoms with Gasteiger partial charge in [0.05, 0.1) is 11.9 Å². The van der Waals surface area contributed by atoms with Gasteiger partial charge in [0.2, 0.25) is 0 Å². The summed E-state index contributed by atoms with van der Waals surface area (Å²) in [6.07, 6.45) is 9.15. The maximum atomic E-state index is 12.9. The molecule has 2 unspecified atom stereocenters. The summed E-state index contributed by atoms with van der Waals surface area (Å²) < 4.78 is 66.7. The highest BCUT2D eigenvalue weighted by molar-refractivity contribution is 7.88. The summed E-state index contributed by atoms with van der Waals surface area (Å²) in [4.78, 5) is 8.04. The zero-order valence-electron chi connectivity index (χ0n) is 18.9. The van der Waals surface area contributed by atoms with Crippen LogP contribution in [-0.4, -0.2) is 23.9 Å². The second-order valence-electron chi connectivity index (χ2n) is 9.88. The van der Waals surface area contributed by atoms with Crippen molar-refractivity contribution in [3.05, 3.63) is 59.5 Å². The molecule has 1 N–H and O–H groups in total. The number of hydrogen-bond acceptors (Lipinski definition) is 4. The molecule has 2 atom stereocenters. The highest BCUT2D eigenvalue weighted by Gasteiger charge is 2.50. The van der Waals surface area contributed by atoms with E-state index in [1.807, 2.05) is 30.5 Å². The molecule has 0 bridgehead atoms. The van der Waals surface area contributed by atoms with E-state index in [0.717, 1.165) is 46.6 Å². The van der Waals surface area contributed by atoms with Crippen LogP contribution in [0, 0.1) is 5.92 Å². The number of rotatable bonds is 5. The number of aromatic nitrogens is 2. The number of fused-ring (bicyclic) bond motifs is 3. The Hall–Kier alpha value is -2.81. The number of alkyl halides is 3. The maximum Gasteiger partial charge on any atom is 0.534 e. The third-order valence-electron chi connectivity index (χ3n) is 7.90. The number of aromatic amines is 1. The van der Waals surface area contributed by atoms with Crippen molar-refractivity contribution in [1.29, 1.82) is 0 Å². The molecule has 3 aliphatic carbocycles. The van der Waals surface area contributed by atoms with E-state index in [-0.39, 0.29) is 11.7 Å². The van der Waals surface area contributed by atoms with Crippen molar-refractivity contribution >= 4 is 10.1 Å². The molecule has 1 aromatic heterocycles. The topological polar surface area (TPSA) is 72.1 Å². The van der Waals surface area contributed by atoms with Crippen LogP contribution in [0.1, 0.15) is 67.3 Å². The third-order valence-corrected chi connectivity index (χ3v) is 8.86. The van der Waals surface area contributed by atoms with Crippen molar-refractivity contribution in [3.63, 3.8) is 0 Å². The smallest absolute Gasteiger partial charge is 0.376 e. The molecule has 1 heterocycles. The first kappa shape index (κ1) is 22.6. The molecule has 3 aromatic rings. The van der Waals surface area contributed by atoms with Gasteiger partial charge in [0.1, 0.15) is 11.6 Å². The van der Waals surface area contributed by atoms with Crippen LogP contribution in [0.25, 0.3) is 22.4 Å². The lowest BCUT2D eigenvalue weighted by Gasteiger charge is -2.31. The van der Waals surface area contributed by atoms with Gasteiger partial charge in [-0.05, 0) is 72.3 Å². The SMILES string of the molecule is O=S(=O)(Oc1ccc(-c2ccc(-c3cnc(C4CCCC4)[nH]3)cc2)c2c1CC1CCC21)C(F)(F)F. The van der Waals surface area contributed by atoms with Gasteiger partial charge in [-0.1, -0.05) is 43.2 Å². The van der Waals surface area contributed by atoms with E-state index < -0.39 is 15.6 Å². The highest BCUT2D eigenvalue weighted by atomic mass is 32.2. The fraction of sp³-hybridized carbons (Fsp3) is 0.423. The van der Waals surface area contributed by atoms with Gasteiger partial charge in [-0.25, -0.2) is 4.98 Å². The highest BCUT2D eigenvalue weighted by Crippen LogP contribution is 2.56. The molecule has 2 aromatic carbocycles. The third kappa shape index (κ3) is 3.84. The minimum atomic E-state index is -5.71. The standard InChI is InChI=1S/C26H25F3N2O3S/c27-26(28,29)35(32,33)34-23-12-11-19(24-20-10-9-18(20)13-21(23)24)15-5-7-16(8-6-15)22-14-30-25(31-22)17-3-1-2-4-17/h5-8,11-12,14,17-18,20H,1-4,9-10,13H2,(H,30,31). The molecular weight excluding hydrogens is 477 g/mol. The van der Waals surface area contributed by atoms with Crippen LogP contribution in [0.4, 0.5) is 13.2 Å². The normalized spacial score (nSPS) is 22.0. The van der Waals surface area contributed by atoms with E-state index in [1.54, 1.807) is 6.07 Å². The Morgan fingerprint density at radius 1 is 0.943 bits per heavy atom. The monoisotopic (exact) mass is 502 g/mol. The first-order valence-electron chi connectivity index (χ1n) is 12.0. The summed E-state index contributed by atoms with van der Waals surface area (Å²) in [6.45, 7) is 0. The van der Waals surface area contributed by atoms with Gasteiger partial charge >= 0.3 is 15.6 Å². The second-order valence-corrected chi connectivity index (χ2v) is 11.4. The summed E-state index contributed by atoms with van der Waals surface area (Å²) in [5, 5.41) is 0. The molecule has 9 heteroatoms. The predicted molar refractivity (Wildman–Crippen MR) is 125 cm³/mol. The van der Waals surface area contributed by atoms with Crippen molar-refractivity contribution in [2.75, 3.05) is 0 Å². The van der Waals surface area contributed by atoms with Crippen LogP contribution in [0.2, 0.25) is 0 Å². The average Bonchev–Trinajstić information content (AvgIpc) is 3.53. The van der Waals surface area contributed by atoms with Crippen molar-refractivity contribution < 1.29 is 25.8 Å². The Labute approximate surface area is 201 Å². The van der Waals surface area contributed by atoms with Crippen LogP contribution in [0.5, 0.6) is 5.75 Å². The summed E-state index contributed by atoms with van der Waals surface area (Å²) in [5.74, 6) is 1.88. The Morgan fingerprint density at radius 2 is 1.66 bits per heavy atom. The Balaban J connectivity index is 1.32. The van der Waals surface area contributed by atoms with Crippen molar-refractivity contribution in [3.8, 4) is 28.1 Å². The molecule has 0 aliphatic heterocycles. The lowest BCUT2D eigenvalue weighted by atomic mass is 9.73. The molecule has 2 fully saturated rings. The minimum Gasteiger partial charge on any atom is -0.376 e.